The summed E-state index contributed by atoms with van der Waals surface area (Å²) in [6.07, 6.45) is 0. The minimum absolute atomic E-state index is 0.161. The number of hydrogen-bond acceptors (Lipinski definition) is 4. The predicted octanol–water partition coefficient (Wildman–Crippen LogP) is 4.94. The van der Waals surface area contributed by atoms with Crippen LogP contribution in [0.3, 0.4) is 0 Å². The molecule has 3 rings (SSSR count). The second-order valence-electron chi connectivity index (χ2n) is 4.65. The lowest BCUT2D eigenvalue weighted by Crippen LogP contribution is -2.07. The maximum Gasteiger partial charge on any atom is 0.116 e. The first-order valence-electron chi connectivity index (χ1n) is 6.38. The van der Waals surface area contributed by atoms with Gasteiger partial charge in [0.25, 0.3) is 0 Å². The zero-order chi connectivity index (χ0) is 14.1. The highest BCUT2D eigenvalue weighted by Crippen LogP contribution is 2.29. The summed E-state index contributed by atoms with van der Waals surface area (Å²) in [5.41, 5.74) is 3.08. The molecule has 20 heavy (non-hydrogen) atoms. The monoisotopic (exact) mass is 347 g/mol. The van der Waals surface area contributed by atoms with Gasteiger partial charge in [0.15, 0.2) is 0 Å². The number of pyridine rings is 1. The summed E-state index contributed by atoms with van der Waals surface area (Å²) in [5.74, 6) is 0. The molecule has 2 aromatic heterocycles. The minimum Gasteiger partial charge on any atom is -0.375 e. The molecular formula is C15H14BrN3S. The van der Waals surface area contributed by atoms with Gasteiger partial charge in [0.2, 0.25) is 0 Å². The van der Waals surface area contributed by atoms with Crippen LogP contribution in [0.5, 0.6) is 0 Å². The molecule has 0 fully saturated rings. The molecule has 0 saturated heterocycles. The Hall–Kier alpha value is -1.46. The largest absolute Gasteiger partial charge is 0.375 e. The Morgan fingerprint density at radius 1 is 1.15 bits per heavy atom. The van der Waals surface area contributed by atoms with Gasteiger partial charge in [-0.05, 0) is 54.0 Å². The molecule has 1 atom stereocenters. The van der Waals surface area contributed by atoms with Gasteiger partial charge in [0.1, 0.15) is 9.61 Å². The fraction of sp³-hybridized carbons (Fsp3) is 0.200. The van der Waals surface area contributed by atoms with Crippen LogP contribution in [0.2, 0.25) is 0 Å². The lowest BCUT2D eigenvalue weighted by atomic mass is 10.2. The Labute approximate surface area is 130 Å². The van der Waals surface area contributed by atoms with E-state index in [4.69, 9.17) is 0 Å². The summed E-state index contributed by atoms with van der Waals surface area (Å²) >= 11 is 5.11. The number of nitrogens with zero attached hydrogens (tertiary/aromatic N) is 2. The quantitative estimate of drug-likeness (QED) is 0.682. The lowest BCUT2D eigenvalue weighted by Gasteiger charge is -2.14. The summed E-state index contributed by atoms with van der Waals surface area (Å²) in [5, 5.41) is 4.57. The molecule has 0 radical (unpaired) electrons. The van der Waals surface area contributed by atoms with Gasteiger partial charge in [0.05, 0.1) is 27.6 Å². The molecule has 0 saturated carbocycles. The summed E-state index contributed by atoms with van der Waals surface area (Å²) in [7, 11) is 0. The molecule has 0 bridgehead atoms. The average Bonchev–Trinajstić information content (AvgIpc) is 2.86. The third kappa shape index (κ3) is 2.69. The first kappa shape index (κ1) is 13.5. The van der Waals surface area contributed by atoms with Crippen molar-refractivity contribution < 1.29 is 0 Å². The Balaban J connectivity index is 1.86. The molecular weight excluding hydrogens is 334 g/mol. The number of fused-ring (bicyclic) bond motifs is 1. The van der Waals surface area contributed by atoms with E-state index in [9.17, 15) is 0 Å². The molecule has 1 N–H and O–H groups in total. The Morgan fingerprint density at radius 2 is 1.95 bits per heavy atom. The van der Waals surface area contributed by atoms with Crippen LogP contribution in [-0.4, -0.2) is 9.97 Å². The van der Waals surface area contributed by atoms with E-state index in [0.717, 1.165) is 26.5 Å². The highest BCUT2D eigenvalue weighted by atomic mass is 79.9. The van der Waals surface area contributed by atoms with E-state index in [-0.39, 0.29) is 6.04 Å². The number of para-hydroxylation sites is 1. The summed E-state index contributed by atoms with van der Waals surface area (Å²) in [6, 6.07) is 12.4. The van der Waals surface area contributed by atoms with Crippen molar-refractivity contribution in [2.45, 2.75) is 19.9 Å². The van der Waals surface area contributed by atoms with Crippen molar-refractivity contribution in [2.75, 3.05) is 5.32 Å². The summed E-state index contributed by atoms with van der Waals surface area (Å²) < 4.78 is 2.08. The van der Waals surface area contributed by atoms with Gasteiger partial charge in [0, 0.05) is 0 Å². The fourth-order valence-electron chi connectivity index (χ4n) is 2.05. The van der Waals surface area contributed by atoms with Crippen LogP contribution >= 0.6 is 27.3 Å². The first-order valence-corrected chi connectivity index (χ1v) is 7.99. The van der Waals surface area contributed by atoms with Gasteiger partial charge in [-0.1, -0.05) is 12.1 Å². The van der Waals surface area contributed by atoms with Crippen LogP contribution in [0.4, 0.5) is 5.69 Å². The van der Waals surface area contributed by atoms with Crippen molar-refractivity contribution in [3.63, 3.8) is 0 Å². The summed E-state index contributed by atoms with van der Waals surface area (Å²) in [4.78, 5) is 9.08. The number of nitrogens with one attached hydrogen (secondary N) is 1. The van der Waals surface area contributed by atoms with E-state index >= 15 is 0 Å². The number of halogens is 1. The molecule has 0 aliphatic heterocycles. The molecule has 0 amide bonds. The lowest BCUT2D eigenvalue weighted by molar-refractivity contribution is 0.868. The maximum absolute atomic E-state index is 4.68. The highest BCUT2D eigenvalue weighted by molar-refractivity contribution is 9.10. The number of anilines is 1. The molecule has 3 aromatic rings. The first-order chi connectivity index (χ1) is 9.63. The number of benzene rings is 1. The van der Waals surface area contributed by atoms with Crippen LogP contribution in [0.1, 0.15) is 23.7 Å². The zero-order valence-electron chi connectivity index (χ0n) is 11.2. The van der Waals surface area contributed by atoms with Gasteiger partial charge < -0.3 is 5.32 Å². The van der Waals surface area contributed by atoms with Crippen LogP contribution in [0.25, 0.3) is 10.2 Å². The van der Waals surface area contributed by atoms with Crippen molar-refractivity contribution >= 4 is 43.2 Å². The maximum atomic E-state index is 4.68. The number of rotatable bonds is 3. The van der Waals surface area contributed by atoms with Crippen molar-refractivity contribution in [1.82, 2.24) is 9.97 Å². The van der Waals surface area contributed by atoms with Crippen molar-refractivity contribution in [1.29, 1.82) is 0 Å². The SMILES string of the molecule is Cc1nc(Br)ccc1NC(C)c1nc2ccccc2s1. The van der Waals surface area contributed by atoms with Crippen molar-refractivity contribution in [2.24, 2.45) is 0 Å². The van der Waals surface area contributed by atoms with Gasteiger partial charge >= 0.3 is 0 Å². The molecule has 5 heteroatoms. The third-order valence-corrected chi connectivity index (χ3v) is 4.77. The van der Waals surface area contributed by atoms with E-state index in [2.05, 4.69) is 50.3 Å². The number of aryl methyl sites for hydroxylation is 1. The van der Waals surface area contributed by atoms with Crippen LogP contribution in [-0.2, 0) is 0 Å². The van der Waals surface area contributed by atoms with E-state index < -0.39 is 0 Å². The third-order valence-electron chi connectivity index (χ3n) is 3.10. The fourth-order valence-corrected chi connectivity index (χ4v) is 3.42. The topological polar surface area (TPSA) is 37.8 Å². The van der Waals surface area contributed by atoms with E-state index in [1.807, 2.05) is 31.2 Å². The smallest absolute Gasteiger partial charge is 0.116 e. The van der Waals surface area contributed by atoms with Gasteiger partial charge in [-0.15, -0.1) is 11.3 Å². The second-order valence-corrected chi connectivity index (χ2v) is 6.53. The molecule has 0 aliphatic rings. The Morgan fingerprint density at radius 3 is 2.70 bits per heavy atom. The number of thiazole rings is 1. The number of aromatic nitrogens is 2. The normalized spacial score (nSPS) is 12.6. The molecule has 102 valence electrons. The molecule has 2 heterocycles. The molecule has 1 unspecified atom stereocenters. The van der Waals surface area contributed by atoms with E-state index in [1.165, 1.54) is 4.70 Å². The highest BCUT2D eigenvalue weighted by Gasteiger charge is 2.12. The molecule has 0 spiro atoms. The van der Waals surface area contributed by atoms with Gasteiger partial charge in [-0.2, -0.15) is 0 Å². The van der Waals surface area contributed by atoms with Gasteiger partial charge in [-0.25, -0.2) is 9.97 Å². The van der Waals surface area contributed by atoms with Gasteiger partial charge in [-0.3, -0.25) is 0 Å². The summed E-state index contributed by atoms with van der Waals surface area (Å²) in [6.45, 7) is 4.12. The van der Waals surface area contributed by atoms with Crippen molar-refractivity contribution in [3.05, 3.63) is 51.7 Å². The van der Waals surface area contributed by atoms with E-state index in [0.29, 0.717) is 0 Å². The minimum atomic E-state index is 0.161. The predicted molar refractivity (Wildman–Crippen MR) is 88.3 cm³/mol. The van der Waals surface area contributed by atoms with Crippen LogP contribution in [0.15, 0.2) is 41.0 Å². The van der Waals surface area contributed by atoms with Crippen molar-refractivity contribution in [3.8, 4) is 0 Å². The molecule has 1 aromatic carbocycles. The standard InChI is InChI=1S/C15H14BrN3S/c1-9-11(7-8-14(16)18-9)17-10(2)15-19-12-5-3-4-6-13(12)20-15/h3-8,10,17H,1-2H3. The zero-order valence-corrected chi connectivity index (χ0v) is 13.6. The molecule has 3 nitrogen and oxygen atoms in total. The average molecular weight is 348 g/mol. The number of hydrogen-bond donors (Lipinski definition) is 1. The second kappa shape index (κ2) is 5.50. The van der Waals surface area contributed by atoms with E-state index in [1.54, 1.807) is 11.3 Å². The Kier molecular flexibility index (Phi) is 3.72. The Bertz CT molecular complexity index is 721. The van der Waals surface area contributed by atoms with Crippen LogP contribution in [0, 0.1) is 6.92 Å². The molecule has 0 aliphatic carbocycles. The van der Waals surface area contributed by atoms with Crippen LogP contribution < -0.4 is 5.32 Å².